The quantitative estimate of drug-likeness (QED) is 0.795. The molecule has 0 atom stereocenters. The van der Waals surface area contributed by atoms with E-state index in [-0.39, 0.29) is 18.0 Å². The lowest BCUT2D eigenvalue weighted by Gasteiger charge is -2.20. The molecule has 1 heterocycles. The van der Waals surface area contributed by atoms with E-state index >= 15 is 0 Å². The minimum atomic E-state index is -0.654. The smallest absolute Gasteiger partial charge is 0.220 e. The molecule has 0 aliphatic carbocycles. The molecule has 0 aliphatic heterocycles. The Labute approximate surface area is 146 Å². The summed E-state index contributed by atoms with van der Waals surface area (Å²) in [5.74, 6) is -0.561. The lowest BCUT2D eigenvalue weighted by atomic mass is 10.1. The summed E-state index contributed by atoms with van der Waals surface area (Å²) in [7, 11) is 0. The van der Waals surface area contributed by atoms with Gasteiger partial charge in [-0.15, -0.1) is 0 Å². The summed E-state index contributed by atoms with van der Waals surface area (Å²) >= 11 is 0. The van der Waals surface area contributed by atoms with Gasteiger partial charge in [0.25, 0.3) is 0 Å². The van der Waals surface area contributed by atoms with E-state index < -0.39 is 11.6 Å². The molecule has 1 N–H and O–H groups in total. The van der Waals surface area contributed by atoms with Crippen LogP contribution in [0.4, 0.5) is 14.6 Å². The Morgan fingerprint density at radius 3 is 2.60 bits per heavy atom. The van der Waals surface area contributed by atoms with E-state index in [9.17, 15) is 13.6 Å². The molecular formula is C19H23F2N3O. The van der Waals surface area contributed by atoms with Crippen LogP contribution in [-0.2, 0) is 17.8 Å². The van der Waals surface area contributed by atoms with E-state index in [4.69, 9.17) is 0 Å². The Morgan fingerprint density at radius 1 is 1.16 bits per heavy atom. The highest BCUT2D eigenvalue weighted by Gasteiger charge is 2.08. The molecule has 0 saturated carbocycles. The second-order valence-corrected chi connectivity index (χ2v) is 5.71. The molecule has 0 spiro atoms. The number of rotatable bonds is 8. The number of nitrogens with one attached hydrogen (secondary N) is 1. The zero-order chi connectivity index (χ0) is 18.2. The second-order valence-electron chi connectivity index (χ2n) is 5.71. The van der Waals surface area contributed by atoms with Gasteiger partial charge in [-0.1, -0.05) is 6.07 Å². The van der Waals surface area contributed by atoms with Crippen LogP contribution in [0.3, 0.4) is 0 Å². The number of aromatic nitrogens is 1. The van der Waals surface area contributed by atoms with Crippen LogP contribution in [0.15, 0.2) is 36.5 Å². The molecular weight excluding hydrogens is 324 g/mol. The van der Waals surface area contributed by atoms with Gasteiger partial charge in [0.2, 0.25) is 5.91 Å². The van der Waals surface area contributed by atoms with Crippen molar-refractivity contribution >= 4 is 11.7 Å². The minimum absolute atomic E-state index is 0.0476. The van der Waals surface area contributed by atoms with E-state index in [0.29, 0.717) is 12.8 Å². The summed E-state index contributed by atoms with van der Waals surface area (Å²) in [6.45, 7) is 5.93. The fraction of sp³-hybridized carbons (Fsp3) is 0.368. The van der Waals surface area contributed by atoms with Crippen LogP contribution in [0.2, 0.25) is 0 Å². The number of hydrogen-bond acceptors (Lipinski definition) is 3. The van der Waals surface area contributed by atoms with Crippen molar-refractivity contribution in [1.29, 1.82) is 0 Å². The average Bonchev–Trinajstić information content (AvgIpc) is 2.61. The lowest BCUT2D eigenvalue weighted by Crippen LogP contribution is -2.24. The number of carbonyl (C=O) groups is 1. The Bertz CT molecular complexity index is 718. The third-order valence-electron chi connectivity index (χ3n) is 4.03. The van der Waals surface area contributed by atoms with Crippen molar-refractivity contribution in [2.75, 3.05) is 18.0 Å². The maximum Gasteiger partial charge on any atom is 0.220 e. The zero-order valence-corrected chi connectivity index (χ0v) is 14.6. The normalized spacial score (nSPS) is 10.6. The van der Waals surface area contributed by atoms with Gasteiger partial charge >= 0.3 is 0 Å². The first-order valence-electron chi connectivity index (χ1n) is 8.44. The van der Waals surface area contributed by atoms with Crippen molar-refractivity contribution in [2.45, 2.75) is 33.2 Å². The monoisotopic (exact) mass is 347 g/mol. The van der Waals surface area contributed by atoms with Crippen molar-refractivity contribution in [3.8, 4) is 0 Å². The molecule has 0 aliphatic rings. The molecule has 0 unspecified atom stereocenters. The van der Waals surface area contributed by atoms with Gasteiger partial charge < -0.3 is 10.2 Å². The maximum absolute atomic E-state index is 13.5. The van der Waals surface area contributed by atoms with Crippen molar-refractivity contribution in [1.82, 2.24) is 10.3 Å². The molecule has 0 radical (unpaired) electrons. The summed E-state index contributed by atoms with van der Waals surface area (Å²) in [5.41, 5.74) is 1.29. The van der Waals surface area contributed by atoms with Crippen LogP contribution in [0.25, 0.3) is 0 Å². The van der Waals surface area contributed by atoms with E-state index in [1.54, 1.807) is 6.20 Å². The fourth-order valence-electron chi connectivity index (χ4n) is 2.54. The predicted molar refractivity (Wildman–Crippen MR) is 94.3 cm³/mol. The SMILES string of the molecule is CCN(CC)c1cc(CCC(=O)NCc2ccc(F)cc2F)ccn1. The van der Waals surface area contributed by atoms with Crippen LogP contribution in [0.5, 0.6) is 0 Å². The van der Waals surface area contributed by atoms with Gasteiger partial charge in [-0.2, -0.15) is 0 Å². The molecule has 4 nitrogen and oxygen atoms in total. The van der Waals surface area contributed by atoms with E-state index in [1.165, 1.54) is 12.1 Å². The van der Waals surface area contributed by atoms with E-state index in [2.05, 4.69) is 29.0 Å². The summed E-state index contributed by atoms with van der Waals surface area (Å²) < 4.78 is 26.4. The number of anilines is 1. The lowest BCUT2D eigenvalue weighted by molar-refractivity contribution is -0.121. The van der Waals surface area contributed by atoms with Gasteiger partial charge in [-0.05, 0) is 44.0 Å². The molecule has 0 bridgehead atoms. The number of benzene rings is 1. The van der Waals surface area contributed by atoms with Crippen molar-refractivity contribution in [3.05, 3.63) is 59.3 Å². The van der Waals surface area contributed by atoms with Crippen molar-refractivity contribution < 1.29 is 13.6 Å². The molecule has 1 amide bonds. The Hall–Kier alpha value is -2.50. The molecule has 25 heavy (non-hydrogen) atoms. The van der Waals surface area contributed by atoms with Gasteiger partial charge in [0, 0.05) is 43.9 Å². The predicted octanol–water partition coefficient (Wildman–Crippen LogP) is 3.46. The van der Waals surface area contributed by atoms with E-state index in [1.807, 2.05) is 12.1 Å². The molecule has 1 aromatic carbocycles. The minimum Gasteiger partial charge on any atom is -0.357 e. The van der Waals surface area contributed by atoms with Crippen molar-refractivity contribution in [3.63, 3.8) is 0 Å². The number of nitrogens with zero attached hydrogens (tertiary/aromatic N) is 2. The largest absolute Gasteiger partial charge is 0.357 e. The average molecular weight is 347 g/mol. The highest BCUT2D eigenvalue weighted by atomic mass is 19.1. The molecule has 2 rings (SSSR count). The zero-order valence-electron chi connectivity index (χ0n) is 14.6. The van der Waals surface area contributed by atoms with Crippen LogP contribution in [0, 0.1) is 11.6 Å². The van der Waals surface area contributed by atoms with Crippen LogP contribution < -0.4 is 10.2 Å². The highest BCUT2D eigenvalue weighted by Crippen LogP contribution is 2.14. The van der Waals surface area contributed by atoms with Crippen LogP contribution in [0.1, 0.15) is 31.4 Å². The number of amides is 1. The summed E-state index contributed by atoms with van der Waals surface area (Å²) in [6, 6.07) is 7.20. The number of carbonyl (C=O) groups excluding carboxylic acids is 1. The van der Waals surface area contributed by atoms with Gasteiger partial charge in [0.05, 0.1) is 0 Å². The van der Waals surface area contributed by atoms with Gasteiger partial charge in [0.15, 0.2) is 0 Å². The summed E-state index contributed by atoms with van der Waals surface area (Å²) in [4.78, 5) is 18.5. The second kappa shape index (κ2) is 9.11. The van der Waals surface area contributed by atoms with Gasteiger partial charge in [0.1, 0.15) is 17.5 Å². The van der Waals surface area contributed by atoms with Gasteiger partial charge in [-0.3, -0.25) is 4.79 Å². The fourth-order valence-corrected chi connectivity index (χ4v) is 2.54. The summed E-state index contributed by atoms with van der Waals surface area (Å²) in [5, 5.41) is 2.66. The topological polar surface area (TPSA) is 45.2 Å². The maximum atomic E-state index is 13.5. The first kappa shape index (κ1) is 18.8. The summed E-state index contributed by atoms with van der Waals surface area (Å²) in [6.07, 6.45) is 2.62. The Morgan fingerprint density at radius 2 is 1.92 bits per heavy atom. The van der Waals surface area contributed by atoms with Crippen LogP contribution in [-0.4, -0.2) is 24.0 Å². The molecule has 0 fully saturated rings. The molecule has 0 saturated heterocycles. The number of pyridine rings is 1. The number of halogens is 2. The first-order valence-corrected chi connectivity index (χ1v) is 8.44. The Balaban J connectivity index is 1.86. The van der Waals surface area contributed by atoms with E-state index in [0.717, 1.165) is 30.5 Å². The molecule has 1 aromatic heterocycles. The van der Waals surface area contributed by atoms with Gasteiger partial charge in [-0.25, -0.2) is 13.8 Å². The Kier molecular flexibility index (Phi) is 6.86. The molecule has 2 aromatic rings. The molecule has 6 heteroatoms. The number of hydrogen-bond donors (Lipinski definition) is 1. The third kappa shape index (κ3) is 5.52. The number of aryl methyl sites for hydroxylation is 1. The third-order valence-corrected chi connectivity index (χ3v) is 4.03. The first-order chi connectivity index (χ1) is 12.0. The standard InChI is InChI=1S/C19H23F2N3O/c1-3-24(4-2)18-11-14(9-10-22-18)5-8-19(25)23-13-15-6-7-16(20)12-17(15)21/h6-7,9-12H,3-5,8,13H2,1-2H3,(H,23,25). The van der Waals surface area contributed by atoms with Crippen LogP contribution >= 0.6 is 0 Å². The molecule has 134 valence electrons. The highest BCUT2D eigenvalue weighted by molar-refractivity contribution is 5.76. The van der Waals surface area contributed by atoms with Crippen molar-refractivity contribution in [2.24, 2.45) is 0 Å².